The number of hydrogen-bond donors (Lipinski definition) is 2. The van der Waals surface area contributed by atoms with Crippen molar-refractivity contribution in [2.75, 3.05) is 19.6 Å². The van der Waals surface area contributed by atoms with E-state index < -0.39 is 11.7 Å². The van der Waals surface area contributed by atoms with E-state index in [0.717, 1.165) is 42.9 Å². The molecule has 0 unspecified atom stereocenters. The summed E-state index contributed by atoms with van der Waals surface area (Å²) in [5.74, 6) is 0.380. The van der Waals surface area contributed by atoms with Gasteiger partial charge in [-0.1, -0.05) is 20.8 Å². The van der Waals surface area contributed by atoms with Crippen molar-refractivity contribution in [3.63, 3.8) is 0 Å². The van der Waals surface area contributed by atoms with Crippen LogP contribution in [0.2, 0.25) is 0 Å². The van der Waals surface area contributed by atoms with Crippen LogP contribution in [-0.2, 0) is 11.3 Å². The maximum absolute atomic E-state index is 15.3. The zero-order valence-corrected chi connectivity index (χ0v) is 25.0. The fourth-order valence-electron chi connectivity index (χ4n) is 6.06. The topological polar surface area (TPSA) is 96.5 Å². The van der Waals surface area contributed by atoms with Gasteiger partial charge in [-0.25, -0.2) is 4.39 Å². The van der Waals surface area contributed by atoms with Crippen molar-refractivity contribution >= 4 is 24.2 Å². The molecule has 2 amide bonds. The Morgan fingerprint density at radius 2 is 1.88 bits per heavy atom. The molecule has 3 aromatic rings. The van der Waals surface area contributed by atoms with E-state index in [1.807, 2.05) is 43.3 Å². The van der Waals surface area contributed by atoms with Gasteiger partial charge < -0.3 is 20.3 Å². The maximum atomic E-state index is 15.3. The number of carbonyl (C=O) groups is 2. The normalized spacial score (nSPS) is 19.3. The van der Waals surface area contributed by atoms with Crippen LogP contribution < -0.4 is 15.4 Å². The number of ether oxygens (including phenoxy) is 1. The Hall–Kier alpha value is -3.56. The van der Waals surface area contributed by atoms with E-state index in [1.54, 1.807) is 4.90 Å². The van der Waals surface area contributed by atoms with Crippen molar-refractivity contribution in [1.29, 1.82) is 0 Å². The van der Waals surface area contributed by atoms with Crippen LogP contribution in [0.15, 0.2) is 48.5 Å². The fraction of sp³-hybridized carbons (Fsp3) is 0.438. The molecule has 2 N–H and O–H groups in total. The quantitative estimate of drug-likeness (QED) is 0.360. The number of rotatable bonds is 8. The second-order valence-corrected chi connectivity index (χ2v) is 12.3. The van der Waals surface area contributed by atoms with E-state index >= 15 is 4.39 Å². The summed E-state index contributed by atoms with van der Waals surface area (Å²) in [5.41, 5.74) is 3.32. The standard InChI is InChI=1S/C32H36FN5O3.ClH/c1-19(2)27-8-9-28(37-36-27)21-4-6-24(7-5-21)41-29-12-25(31(40)35-23-13-32(14-23)17-34-18-32)26(33)11-22(29)16-38-15-20(3)10-30(38)39;/h4-9,11-12,19-20,23,34H,10,13-18H2,1-3H3,(H,35,40);1H/t20-;/m0./s1. The van der Waals surface area contributed by atoms with E-state index in [2.05, 4.69) is 34.7 Å². The molecule has 42 heavy (non-hydrogen) atoms. The predicted molar refractivity (Wildman–Crippen MR) is 160 cm³/mol. The summed E-state index contributed by atoms with van der Waals surface area (Å²) in [5, 5.41) is 14.9. The van der Waals surface area contributed by atoms with Crippen LogP contribution in [0.25, 0.3) is 11.3 Å². The van der Waals surface area contributed by atoms with Gasteiger partial charge in [0.05, 0.1) is 17.0 Å². The Morgan fingerprint density at radius 1 is 1.14 bits per heavy atom. The first kappa shape index (κ1) is 29.9. The van der Waals surface area contributed by atoms with Crippen LogP contribution in [0.3, 0.4) is 0 Å². The Kier molecular flexibility index (Phi) is 8.53. The van der Waals surface area contributed by atoms with Crippen molar-refractivity contribution in [2.24, 2.45) is 11.3 Å². The van der Waals surface area contributed by atoms with E-state index in [1.165, 1.54) is 12.1 Å². The number of likely N-dealkylation sites (tertiary alicyclic amines) is 1. The molecule has 6 rings (SSSR count). The first-order valence-electron chi connectivity index (χ1n) is 14.4. The summed E-state index contributed by atoms with van der Waals surface area (Å²) in [6, 6.07) is 14.2. The average molecular weight is 594 g/mol. The zero-order valence-electron chi connectivity index (χ0n) is 24.2. The molecule has 2 aliphatic heterocycles. The molecule has 0 bridgehead atoms. The van der Waals surface area contributed by atoms with E-state index in [9.17, 15) is 9.59 Å². The second-order valence-electron chi connectivity index (χ2n) is 12.3. The molecule has 3 fully saturated rings. The number of amides is 2. The highest BCUT2D eigenvalue weighted by molar-refractivity contribution is 5.95. The number of halogens is 2. The van der Waals surface area contributed by atoms with E-state index in [4.69, 9.17) is 4.74 Å². The van der Waals surface area contributed by atoms with Gasteiger partial charge >= 0.3 is 0 Å². The summed E-state index contributed by atoms with van der Waals surface area (Å²) in [4.78, 5) is 27.3. The van der Waals surface area contributed by atoms with Crippen LogP contribution in [0.5, 0.6) is 11.5 Å². The first-order chi connectivity index (χ1) is 19.7. The molecular formula is C32H37ClFN5O3. The number of nitrogens with zero attached hydrogens (tertiary/aromatic N) is 3. The second kappa shape index (κ2) is 12.0. The molecule has 1 saturated carbocycles. The van der Waals surface area contributed by atoms with Crippen LogP contribution in [0.4, 0.5) is 4.39 Å². The molecule has 2 aromatic carbocycles. The number of nitrogens with one attached hydrogen (secondary N) is 2. The Bertz CT molecular complexity index is 1450. The Labute approximate surface area is 251 Å². The van der Waals surface area contributed by atoms with E-state index in [-0.39, 0.29) is 42.4 Å². The third-order valence-corrected chi connectivity index (χ3v) is 8.51. The van der Waals surface area contributed by atoms with Crippen molar-refractivity contribution in [1.82, 2.24) is 25.7 Å². The Morgan fingerprint density at radius 3 is 2.45 bits per heavy atom. The SMILES string of the molecule is CC(C)c1ccc(-c2ccc(Oc3cc(C(=O)NC4CC5(CNC5)C4)c(F)cc3CN3C[C@@H](C)CC3=O)cc2)nn1.Cl. The summed E-state index contributed by atoms with van der Waals surface area (Å²) in [6.07, 6.45) is 2.28. The summed E-state index contributed by atoms with van der Waals surface area (Å²) in [6.45, 7) is 8.94. The molecule has 3 heterocycles. The van der Waals surface area contributed by atoms with Gasteiger partial charge in [-0.3, -0.25) is 9.59 Å². The van der Waals surface area contributed by atoms with E-state index in [0.29, 0.717) is 41.4 Å². The summed E-state index contributed by atoms with van der Waals surface area (Å²) < 4.78 is 21.6. The number of hydrogen-bond acceptors (Lipinski definition) is 6. The minimum atomic E-state index is -0.623. The zero-order chi connectivity index (χ0) is 28.7. The van der Waals surface area contributed by atoms with Gasteiger partial charge in [0.15, 0.2) is 0 Å². The van der Waals surface area contributed by atoms with Gasteiger partial charge in [0, 0.05) is 49.8 Å². The average Bonchev–Trinajstić information content (AvgIpc) is 3.22. The number of aromatic nitrogens is 2. The highest BCUT2D eigenvalue weighted by atomic mass is 35.5. The predicted octanol–water partition coefficient (Wildman–Crippen LogP) is 5.47. The van der Waals surface area contributed by atoms with Crippen LogP contribution in [0.1, 0.15) is 67.6 Å². The van der Waals surface area contributed by atoms with Crippen molar-refractivity contribution in [3.05, 3.63) is 71.2 Å². The van der Waals surface area contributed by atoms with Gasteiger partial charge in [-0.2, -0.15) is 10.2 Å². The lowest BCUT2D eigenvalue weighted by Gasteiger charge is -2.54. The molecule has 1 atom stereocenters. The van der Waals surface area contributed by atoms with Crippen molar-refractivity contribution < 1.29 is 18.7 Å². The minimum Gasteiger partial charge on any atom is -0.457 e. The maximum Gasteiger partial charge on any atom is 0.254 e. The molecule has 0 radical (unpaired) electrons. The smallest absolute Gasteiger partial charge is 0.254 e. The molecule has 2 saturated heterocycles. The lowest BCUT2D eigenvalue weighted by atomic mass is 9.61. The summed E-state index contributed by atoms with van der Waals surface area (Å²) >= 11 is 0. The van der Waals surface area contributed by atoms with Crippen LogP contribution in [-0.4, -0.2) is 52.6 Å². The molecule has 10 heteroatoms. The lowest BCUT2D eigenvalue weighted by Crippen LogP contribution is -2.65. The van der Waals surface area contributed by atoms with Crippen LogP contribution >= 0.6 is 12.4 Å². The molecule has 3 aliphatic rings. The minimum absolute atomic E-state index is 0. The highest BCUT2D eigenvalue weighted by Crippen LogP contribution is 2.44. The van der Waals surface area contributed by atoms with Gasteiger partial charge in [-0.05, 0) is 78.6 Å². The molecule has 1 aromatic heterocycles. The molecule has 1 aliphatic carbocycles. The monoisotopic (exact) mass is 593 g/mol. The highest BCUT2D eigenvalue weighted by Gasteiger charge is 2.48. The van der Waals surface area contributed by atoms with Gasteiger partial charge in [0.1, 0.15) is 17.3 Å². The first-order valence-corrected chi connectivity index (χ1v) is 14.4. The summed E-state index contributed by atoms with van der Waals surface area (Å²) in [7, 11) is 0. The molecule has 8 nitrogen and oxygen atoms in total. The van der Waals surface area contributed by atoms with Gasteiger partial charge in [0.2, 0.25) is 5.91 Å². The molecule has 1 spiro atoms. The number of carbonyl (C=O) groups excluding carboxylic acids is 2. The third-order valence-electron chi connectivity index (χ3n) is 8.51. The van der Waals surface area contributed by atoms with Gasteiger partial charge in [-0.15, -0.1) is 12.4 Å². The fourth-order valence-corrected chi connectivity index (χ4v) is 6.06. The van der Waals surface area contributed by atoms with Crippen LogP contribution in [0, 0.1) is 17.2 Å². The Balaban J connectivity index is 0.00000353. The van der Waals surface area contributed by atoms with Gasteiger partial charge in [0.25, 0.3) is 5.91 Å². The third kappa shape index (κ3) is 6.13. The molecular weight excluding hydrogens is 557 g/mol. The van der Waals surface area contributed by atoms with Crippen molar-refractivity contribution in [3.8, 4) is 22.8 Å². The molecule has 222 valence electrons. The largest absolute Gasteiger partial charge is 0.457 e. The lowest BCUT2D eigenvalue weighted by molar-refractivity contribution is -0.128. The number of benzene rings is 2. The van der Waals surface area contributed by atoms with Crippen molar-refractivity contribution in [2.45, 2.75) is 58.5 Å².